The fraction of sp³-hybridized carbons (Fsp3) is 0.875. The first kappa shape index (κ1) is 15.6. The third-order valence-corrected chi connectivity index (χ3v) is 4.93. The molecular formula is C16H28N4O2. The van der Waals surface area contributed by atoms with Crippen LogP contribution in [-0.4, -0.2) is 74.1 Å². The number of aliphatic imine (C=N–C) groups is 1. The summed E-state index contributed by atoms with van der Waals surface area (Å²) in [6.45, 7) is 4.92. The van der Waals surface area contributed by atoms with Crippen molar-refractivity contribution in [1.82, 2.24) is 15.1 Å². The Bertz CT molecular complexity index is 416. The first-order valence-electron chi connectivity index (χ1n) is 8.60. The number of rotatable bonds is 4. The van der Waals surface area contributed by atoms with Gasteiger partial charge in [0.1, 0.15) is 0 Å². The molecule has 1 amide bonds. The van der Waals surface area contributed by atoms with Crippen LogP contribution in [0.1, 0.15) is 32.1 Å². The summed E-state index contributed by atoms with van der Waals surface area (Å²) in [6.07, 6.45) is 5.85. The predicted molar refractivity (Wildman–Crippen MR) is 85.8 cm³/mol. The Morgan fingerprint density at radius 3 is 2.68 bits per heavy atom. The molecule has 0 radical (unpaired) electrons. The van der Waals surface area contributed by atoms with E-state index >= 15 is 0 Å². The fourth-order valence-corrected chi connectivity index (χ4v) is 3.39. The van der Waals surface area contributed by atoms with Crippen LogP contribution in [0, 0.1) is 5.92 Å². The Morgan fingerprint density at radius 1 is 1.27 bits per heavy atom. The van der Waals surface area contributed by atoms with Gasteiger partial charge in [0.25, 0.3) is 0 Å². The van der Waals surface area contributed by atoms with Crippen molar-refractivity contribution < 1.29 is 9.53 Å². The fourth-order valence-electron chi connectivity index (χ4n) is 3.39. The van der Waals surface area contributed by atoms with Crippen LogP contribution in [-0.2, 0) is 9.53 Å². The van der Waals surface area contributed by atoms with Gasteiger partial charge in [-0.15, -0.1) is 0 Å². The maximum atomic E-state index is 12.2. The summed E-state index contributed by atoms with van der Waals surface area (Å²) in [5.74, 6) is 1.88. The molecule has 3 rings (SSSR count). The number of nitrogens with zero attached hydrogens (tertiary/aromatic N) is 3. The zero-order valence-electron chi connectivity index (χ0n) is 13.6. The third kappa shape index (κ3) is 3.91. The molecule has 0 spiro atoms. The number of piperazine rings is 1. The van der Waals surface area contributed by atoms with Gasteiger partial charge in [0.15, 0.2) is 5.96 Å². The van der Waals surface area contributed by atoms with Gasteiger partial charge in [-0.1, -0.05) is 0 Å². The summed E-state index contributed by atoms with van der Waals surface area (Å²) in [7, 11) is 1.80. The maximum absolute atomic E-state index is 12.2. The van der Waals surface area contributed by atoms with Crippen molar-refractivity contribution in [3.8, 4) is 0 Å². The molecule has 1 N–H and O–H groups in total. The molecule has 0 aromatic heterocycles. The molecule has 22 heavy (non-hydrogen) atoms. The van der Waals surface area contributed by atoms with E-state index in [1.807, 2.05) is 4.90 Å². The highest BCUT2D eigenvalue weighted by Crippen LogP contribution is 2.28. The summed E-state index contributed by atoms with van der Waals surface area (Å²) in [5.41, 5.74) is 0. The molecule has 1 saturated carbocycles. The summed E-state index contributed by atoms with van der Waals surface area (Å²) in [5, 5.41) is 3.43. The van der Waals surface area contributed by atoms with Gasteiger partial charge in [-0.2, -0.15) is 0 Å². The lowest BCUT2D eigenvalue weighted by atomic mass is 9.97. The van der Waals surface area contributed by atoms with Gasteiger partial charge < -0.3 is 19.9 Å². The maximum Gasteiger partial charge on any atom is 0.242 e. The lowest BCUT2D eigenvalue weighted by Gasteiger charge is -2.36. The van der Waals surface area contributed by atoms with E-state index in [-0.39, 0.29) is 5.91 Å². The lowest BCUT2D eigenvalue weighted by Crippen LogP contribution is -2.55. The highest BCUT2D eigenvalue weighted by molar-refractivity contribution is 5.87. The quantitative estimate of drug-likeness (QED) is 0.613. The summed E-state index contributed by atoms with van der Waals surface area (Å²) in [4.78, 5) is 20.7. The smallest absolute Gasteiger partial charge is 0.242 e. The van der Waals surface area contributed by atoms with Crippen LogP contribution in [0.2, 0.25) is 0 Å². The highest BCUT2D eigenvalue weighted by Gasteiger charge is 2.36. The van der Waals surface area contributed by atoms with E-state index in [9.17, 15) is 4.79 Å². The van der Waals surface area contributed by atoms with E-state index in [2.05, 4.69) is 15.2 Å². The van der Waals surface area contributed by atoms with Gasteiger partial charge in [-0.25, -0.2) is 0 Å². The lowest BCUT2D eigenvalue weighted by molar-refractivity contribution is -0.135. The van der Waals surface area contributed by atoms with Crippen molar-refractivity contribution in [2.24, 2.45) is 10.9 Å². The Labute approximate surface area is 132 Å². The molecule has 2 heterocycles. The number of guanidine groups is 1. The molecule has 0 aromatic rings. The predicted octanol–water partition coefficient (Wildman–Crippen LogP) is 0.685. The second-order valence-electron chi connectivity index (χ2n) is 6.56. The number of hydrogen-bond donors (Lipinski definition) is 1. The van der Waals surface area contributed by atoms with Crippen LogP contribution >= 0.6 is 0 Å². The molecule has 0 atom stereocenters. The first-order valence-corrected chi connectivity index (χ1v) is 8.60. The largest absolute Gasteiger partial charge is 0.381 e. The molecule has 6 heteroatoms. The normalized spacial score (nSPS) is 24.8. The number of carbonyl (C=O) groups excluding carboxylic acids is 1. The van der Waals surface area contributed by atoms with Crippen molar-refractivity contribution in [2.45, 2.75) is 38.1 Å². The number of nitrogens with one attached hydrogen (secondary N) is 1. The topological polar surface area (TPSA) is 57.2 Å². The Hall–Kier alpha value is -1.30. The summed E-state index contributed by atoms with van der Waals surface area (Å²) >= 11 is 0. The number of amides is 1. The molecular weight excluding hydrogens is 280 g/mol. The van der Waals surface area contributed by atoms with Crippen LogP contribution in [0.5, 0.6) is 0 Å². The Balaban J connectivity index is 1.42. The Morgan fingerprint density at radius 2 is 2.05 bits per heavy atom. The molecule has 0 aromatic carbocycles. The van der Waals surface area contributed by atoms with Gasteiger partial charge >= 0.3 is 0 Å². The van der Waals surface area contributed by atoms with Gasteiger partial charge in [0.2, 0.25) is 5.91 Å². The van der Waals surface area contributed by atoms with E-state index in [1.165, 1.54) is 25.7 Å². The Kier molecular flexibility index (Phi) is 5.18. The molecule has 124 valence electrons. The number of carbonyl (C=O) groups is 1. The molecule has 0 bridgehead atoms. The number of hydrogen-bond acceptors (Lipinski definition) is 3. The molecule has 3 fully saturated rings. The summed E-state index contributed by atoms with van der Waals surface area (Å²) in [6, 6.07) is 0.526. The first-order chi connectivity index (χ1) is 10.8. The molecule has 2 saturated heterocycles. The average molecular weight is 308 g/mol. The molecule has 1 aliphatic carbocycles. The van der Waals surface area contributed by atoms with Gasteiger partial charge in [0, 0.05) is 45.9 Å². The third-order valence-electron chi connectivity index (χ3n) is 4.93. The van der Waals surface area contributed by atoms with Crippen molar-refractivity contribution in [1.29, 1.82) is 0 Å². The van der Waals surface area contributed by atoms with E-state index in [1.54, 1.807) is 7.05 Å². The van der Waals surface area contributed by atoms with Crippen LogP contribution in [0.25, 0.3) is 0 Å². The van der Waals surface area contributed by atoms with Crippen molar-refractivity contribution in [2.75, 3.05) is 46.4 Å². The minimum atomic E-state index is 0.251. The van der Waals surface area contributed by atoms with Crippen LogP contribution in [0.4, 0.5) is 0 Å². The minimum Gasteiger partial charge on any atom is -0.381 e. The van der Waals surface area contributed by atoms with E-state index in [0.717, 1.165) is 51.1 Å². The van der Waals surface area contributed by atoms with Gasteiger partial charge in [0.05, 0.1) is 6.54 Å². The van der Waals surface area contributed by atoms with Gasteiger partial charge in [-0.05, 0) is 38.0 Å². The zero-order valence-corrected chi connectivity index (χ0v) is 13.6. The van der Waals surface area contributed by atoms with Crippen LogP contribution in [0.3, 0.4) is 0 Å². The highest BCUT2D eigenvalue weighted by atomic mass is 16.5. The standard InChI is InChI=1S/C16H28N4O2/c1-17-16(18-7-4-13-5-10-22-11-6-13)19-8-9-20(14-2-3-14)15(21)12-19/h13-14H,2-12H2,1H3,(H,17,18). The second kappa shape index (κ2) is 7.31. The van der Waals surface area contributed by atoms with Crippen molar-refractivity contribution in [3.05, 3.63) is 0 Å². The SMILES string of the molecule is CN=C(NCCC1CCOCC1)N1CCN(C2CC2)C(=O)C1. The minimum absolute atomic E-state index is 0.251. The molecule has 0 unspecified atom stereocenters. The van der Waals surface area contributed by atoms with Crippen LogP contribution in [0.15, 0.2) is 4.99 Å². The molecule has 6 nitrogen and oxygen atoms in total. The summed E-state index contributed by atoms with van der Waals surface area (Å²) < 4.78 is 5.40. The second-order valence-corrected chi connectivity index (χ2v) is 6.56. The monoisotopic (exact) mass is 308 g/mol. The molecule has 3 aliphatic rings. The van der Waals surface area contributed by atoms with Gasteiger partial charge in [-0.3, -0.25) is 9.79 Å². The molecule has 2 aliphatic heterocycles. The van der Waals surface area contributed by atoms with E-state index in [0.29, 0.717) is 12.6 Å². The van der Waals surface area contributed by atoms with Crippen molar-refractivity contribution >= 4 is 11.9 Å². The van der Waals surface area contributed by atoms with E-state index < -0.39 is 0 Å². The van der Waals surface area contributed by atoms with Crippen molar-refractivity contribution in [3.63, 3.8) is 0 Å². The number of ether oxygens (including phenoxy) is 1. The average Bonchev–Trinajstić information content (AvgIpc) is 3.37. The van der Waals surface area contributed by atoms with E-state index in [4.69, 9.17) is 4.74 Å². The van der Waals surface area contributed by atoms with Crippen LogP contribution < -0.4 is 5.32 Å². The zero-order chi connectivity index (χ0) is 15.4.